The minimum atomic E-state index is -3.02. The van der Waals surface area contributed by atoms with Gasteiger partial charge in [-0.25, -0.2) is 9.59 Å². The minimum Gasteiger partial charge on any atom is -0.481 e. The first kappa shape index (κ1) is 38.7. The number of unbranched alkanes of at least 4 members (excludes halogenated alkanes) is 7. The van der Waals surface area contributed by atoms with Crippen molar-refractivity contribution in [1.82, 2.24) is 5.32 Å². The fourth-order valence-electron chi connectivity index (χ4n) is 5.07. The Balaban J connectivity index is 2.02. The van der Waals surface area contributed by atoms with E-state index in [0.717, 1.165) is 51.0 Å². The Morgan fingerprint density at radius 2 is 1.40 bits per heavy atom. The first-order valence-electron chi connectivity index (χ1n) is 16.2. The lowest BCUT2D eigenvalue weighted by molar-refractivity contribution is -0.172. The lowest BCUT2D eigenvalue weighted by atomic mass is 9.82. The van der Waals surface area contributed by atoms with Gasteiger partial charge in [-0.1, -0.05) is 81.5 Å². The van der Waals surface area contributed by atoms with Crippen LogP contribution in [0.25, 0.3) is 0 Å². The third kappa shape index (κ3) is 14.2. The van der Waals surface area contributed by atoms with Gasteiger partial charge in [0.05, 0.1) is 12.3 Å². The number of amides is 1. The van der Waals surface area contributed by atoms with E-state index in [1.165, 1.54) is 6.08 Å². The number of aliphatic carboxylic acids is 3. The van der Waals surface area contributed by atoms with Gasteiger partial charge in [0.15, 0.2) is 5.60 Å². The van der Waals surface area contributed by atoms with Crippen molar-refractivity contribution in [2.45, 2.75) is 102 Å². The van der Waals surface area contributed by atoms with Crippen molar-refractivity contribution in [3.05, 3.63) is 72.3 Å². The minimum absolute atomic E-state index is 0.172. The van der Waals surface area contributed by atoms with Crippen LogP contribution in [0, 0.1) is 5.92 Å². The highest BCUT2D eigenvalue weighted by Gasteiger charge is 2.49. The lowest BCUT2D eigenvalue weighted by Gasteiger charge is -2.29. The number of para-hydroxylation sites is 1. The summed E-state index contributed by atoms with van der Waals surface area (Å²) in [5.41, 5.74) is -2.49. The summed E-state index contributed by atoms with van der Waals surface area (Å²) in [4.78, 5) is 60.9. The first-order chi connectivity index (χ1) is 22.5. The van der Waals surface area contributed by atoms with Crippen molar-refractivity contribution in [1.29, 1.82) is 0 Å². The summed E-state index contributed by atoms with van der Waals surface area (Å²) < 4.78 is 5.74. The smallest absolute Gasteiger partial charge is 0.337 e. The van der Waals surface area contributed by atoms with Crippen LogP contribution in [-0.4, -0.2) is 61.7 Å². The molecular weight excluding hydrogens is 606 g/mol. The summed E-state index contributed by atoms with van der Waals surface area (Å²) in [6.45, 7) is 2.12. The predicted octanol–water partition coefficient (Wildman–Crippen LogP) is 5.93. The van der Waals surface area contributed by atoms with E-state index >= 15 is 0 Å². The van der Waals surface area contributed by atoms with Gasteiger partial charge in [0.1, 0.15) is 23.3 Å². The molecule has 0 aliphatic rings. The molecule has 2 aromatic rings. The van der Waals surface area contributed by atoms with Crippen molar-refractivity contribution < 1.29 is 49.1 Å². The fourth-order valence-corrected chi connectivity index (χ4v) is 5.07. The maximum Gasteiger partial charge on any atom is 0.337 e. The van der Waals surface area contributed by atoms with Gasteiger partial charge in [-0.3, -0.25) is 14.4 Å². The maximum absolute atomic E-state index is 13.3. The van der Waals surface area contributed by atoms with Crippen molar-refractivity contribution in [3.8, 4) is 11.5 Å². The quantitative estimate of drug-likeness (QED) is 0.0671. The third-order valence-electron chi connectivity index (χ3n) is 7.76. The van der Waals surface area contributed by atoms with E-state index in [1.807, 2.05) is 18.2 Å². The lowest BCUT2D eigenvalue weighted by Crippen LogP contribution is -2.55. The number of ether oxygens (including phenoxy) is 1. The summed E-state index contributed by atoms with van der Waals surface area (Å²) >= 11 is 0. The Morgan fingerprint density at radius 3 is 1.98 bits per heavy atom. The van der Waals surface area contributed by atoms with Crippen LogP contribution in [0.3, 0.4) is 0 Å². The number of carboxylic acid groups (broad SMARTS) is 3. The molecule has 0 unspecified atom stereocenters. The van der Waals surface area contributed by atoms with Crippen LogP contribution in [0.2, 0.25) is 0 Å². The van der Waals surface area contributed by atoms with E-state index in [0.29, 0.717) is 42.7 Å². The van der Waals surface area contributed by atoms with Gasteiger partial charge in [0, 0.05) is 19.3 Å². The first-order valence-corrected chi connectivity index (χ1v) is 16.2. The van der Waals surface area contributed by atoms with Crippen LogP contribution in [-0.2, 0) is 30.4 Å². The average molecular weight is 654 g/mol. The zero-order valence-electron chi connectivity index (χ0n) is 26.9. The van der Waals surface area contributed by atoms with Crippen LogP contribution < -0.4 is 10.1 Å². The number of hydrogen-bond donors (Lipinski definition) is 5. The number of carbonyl (C=O) groups excluding carboxylic acids is 2. The molecule has 47 heavy (non-hydrogen) atoms. The van der Waals surface area contributed by atoms with Crippen molar-refractivity contribution in [3.63, 3.8) is 0 Å². The highest BCUT2D eigenvalue weighted by Crippen LogP contribution is 2.26. The molecule has 0 heterocycles. The summed E-state index contributed by atoms with van der Waals surface area (Å²) in [5, 5.41) is 42.1. The molecule has 2 aromatic carbocycles. The topological polar surface area (TPSA) is 188 Å². The number of aliphatic hydroxyl groups is 1. The molecule has 0 spiro atoms. The highest BCUT2D eigenvalue weighted by molar-refractivity contribution is 5.94. The third-order valence-corrected chi connectivity index (χ3v) is 7.76. The molecular formula is C36H47NO10. The van der Waals surface area contributed by atoms with Crippen molar-refractivity contribution in [2.24, 2.45) is 5.92 Å². The van der Waals surface area contributed by atoms with Gasteiger partial charge in [-0.15, -0.1) is 0 Å². The molecule has 3 atom stereocenters. The Morgan fingerprint density at radius 1 is 0.809 bits per heavy atom. The highest BCUT2D eigenvalue weighted by atomic mass is 16.5. The number of Topliss-reactive ketones (excluding diaryl/α,β-unsaturated/α-hetero) is 1. The summed E-state index contributed by atoms with van der Waals surface area (Å²) in [5.74, 6) is -6.61. The molecule has 256 valence electrons. The van der Waals surface area contributed by atoms with E-state index in [4.69, 9.17) is 4.74 Å². The molecule has 0 bridgehead atoms. The largest absolute Gasteiger partial charge is 0.481 e. The summed E-state index contributed by atoms with van der Waals surface area (Å²) in [6, 6.07) is 14.1. The predicted molar refractivity (Wildman–Crippen MR) is 175 cm³/mol. The molecule has 0 saturated carbocycles. The number of ketones is 1. The number of benzene rings is 2. The van der Waals surface area contributed by atoms with Crippen LogP contribution in [0.4, 0.5) is 0 Å². The van der Waals surface area contributed by atoms with Gasteiger partial charge < -0.3 is 30.5 Å². The van der Waals surface area contributed by atoms with Gasteiger partial charge in [0.2, 0.25) is 5.91 Å². The summed E-state index contributed by atoms with van der Waals surface area (Å²) in [7, 11) is 0. The molecule has 0 aliphatic carbocycles. The summed E-state index contributed by atoms with van der Waals surface area (Å²) in [6.07, 6.45) is 9.93. The SMILES string of the molecule is CCCCCCC(=O)CCCCCC/C=C/[C@@H](C(=O)N[C@@H](Cc1ccc(Oc2ccccc2)cc1)C(=O)O)[C@@](O)(CC(=O)O)C(=O)O. The van der Waals surface area contributed by atoms with E-state index in [9.17, 15) is 44.4 Å². The van der Waals surface area contributed by atoms with Crippen LogP contribution in [0.15, 0.2) is 66.7 Å². The number of hydrogen-bond acceptors (Lipinski definition) is 7. The molecule has 11 heteroatoms. The number of rotatable bonds is 24. The molecule has 11 nitrogen and oxygen atoms in total. The second kappa shape index (κ2) is 20.6. The monoisotopic (exact) mass is 653 g/mol. The molecule has 0 fully saturated rings. The van der Waals surface area contributed by atoms with E-state index in [2.05, 4.69) is 12.2 Å². The van der Waals surface area contributed by atoms with Crippen molar-refractivity contribution >= 4 is 29.6 Å². The number of carboxylic acids is 3. The van der Waals surface area contributed by atoms with Crippen LogP contribution >= 0.6 is 0 Å². The average Bonchev–Trinajstić information content (AvgIpc) is 3.02. The normalized spacial score (nSPS) is 13.7. The Labute approximate surface area is 275 Å². The number of allylic oxidation sites excluding steroid dienone is 1. The van der Waals surface area contributed by atoms with Crippen molar-refractivity contribution in [2.75, 3.05) is 0 Å². The second-order valence-electron chi connectivity index (χ2n) is 11.7. The number of carbonyl (C=O) groups is 5. The van der Waals surface area contributed by atoms with Gasteiger partial charge in [0.25, 0.3) is 0 Å². The Kier molecular flexibility index (Phi) is 16.9. The molecule has 1 amide bonds. The van der Waals surface area contributed by atoms with Gasteiger partial charge in [-0.2, -0.15) is 0 Å². The molecule has 5 N–H and O–H groups in total. The molecule has 0 aliphatic heterocycles. The Hall–Kier alpha value is -4.51. The maximum atomic E-state index is 13.3. The van der Waals surface area contributed by atoms with E-state index < -0.39 is 47.8 Å². The second-order valence-corrected chi connectivity index (χ2v) is 11.7. The van der Waals surface area contributed by atoms with Gasteiger partial charge >= 0.3 is 17.9 Å². The van der Waals surface area contributed by atoms with E-state index in [1.54, 1.807) is 36.4 Å². The molecule has 2 rings (SSSR count). The van der Waals surface area contributed by atoms with Crippen LogP contribution in [0.5, 0.6) is 11.5 Å². The zero-order valence-corrected chi connectivity index (χ0v) is 26.9. The van der Waals surface area contributed by atoms with Gasteiger partial charge in [-0.05, 0) is 55.5 Å². The van der Waals surface area contributed by atoms with Crippen LogP contribution in [0.1, 0.15) is 89.5 Å². The zero-order chi connectivity index (χ0) is 34.7. The molecule has 0 aromatic heterocycles. The fraction of sp³-hybridized carbons (Fsp3) is 0.472. The molecule has 0 saturated heterocycles. The number of nitrogens with one attached hydrogen (secondary N) is 1. The Bertz CT molecular complexity index is 1330. The molecule has 0 radical (unpaired) electrons. The standard InChI is InChI=1S/C36H47NO10/c1-2-3-4-10-15-27(38)16-11-7-5-6-8-14-19-30(36(46,35(44)45)25-32(39)40)33(41)37-31(34(42)43)24-26-20-22-29(23-21-26)47-28-17-12-9-13-18-28/h9,12-14,17-23,30-31,46H,2-8,10-11,15-16,24-25H2,1H3,(H,37,41)(H,39,40)(H,42,43)(H,44,45)/b19-14+/t30-,31-,36-/m0/s1. The van der Waals surface area contributed by atoms with E-state index in [-0.39, 0.29) is 12.2 Å².